The van der Waals surface area contributed by atoms with Gasteiger partial charge < -0.3 is 10.2 Å². The average Bonchev–Trinajstić information content (AvgIpc) is 2.32. The van der Waals surface area contributed by atoms with Crippen molar-refractivity contribution in [1.29, 1.82) is 0 Å². The smallest absolute Gasteiger partial charge is 0.174 e. The summed E-state index contributed by atoms with van der Waals surface area (Å²) >= 11 is 0. The molecular weight excluding hydrogens is 152 g/mol. The second-order valence-electron chi connectivity index (χ2n) is 3.26. The molecule has 1 aliphatic heterocycles. The summed E-state index contributed by atoms with van der Waals surface area (Å²) in [6.07, 6.45) is 0. The number of aromatic nitrogens is 2. The molecule has 0 saturated carbocycles. The van der Waals surface area contributed by atoms with Gasteiger partial charge in [-0.05, 0) is 6.92 Å². The van der Waals surface area contributed by atoms with Gasteiger partial charge >= 0.3 is 0 Å². The molecule has 12 heavy (non-hydrogen) atoms. The summed E-state index contributed by atoms with van der Waals surface area (Å²) in [5.41, 5.74) is 2.39. The highest BCUT2D eigenvalue weighted by atomic mass is 15.4. The van der Waals surface area contributed by atoms with E-state index in [4.69, 9.17) is 0 Å². The number of fused-ring (bicyclic) bond motifs is 1. The largest absolute Gasteiger partial charge is 0.379 e. The SMILES string of the molecule is Cc1c2c(nn1C)N(C)CCN2. The second kappa shape index (κ2) is 2.40. The normalized spacial score (nSPS) is 15.8. The van der Waals surface area contributed by atoms with E-state index in [2.05, 4.69) is 29.3 Å². The Bertz CT molecular complexity index is 302. The van der Waals surface area contributed by atoms with Gasteiger partial charge in [-0.1, -0.05) is 0 Å². The number of nitrogens with one attached hydrogen (secondary N) is 1. The third-order valence-electron chi connectivity index (χ3n) is 2.43. The maximum absolute atomic E-state index is 4.41. The Hall–Kier alpha value is -1.19. The van der Waals surface area contributed by atoms with Gasteiger partial charge in [0, 0.05) is 27.2 Å². The fraction of sp³-hybridized carbons (Fsp3) is 0.625. The molecule has 0 fully saturated rings. The van der Waals surface area contributed by atoms with Crippen LogP contribution < -0.4 is 10.2 Å². The molecule has 0 aliphatic carbocycles. The Kier molecular flexibility index (Phi) is 1.49. The minimum absolute atomic E-state index is 1.01. The van der Waals surface area contributed by atoms with E-state index in [1.54, 1.807) is 0 Å². The van der Waals surface area contributed by atoms with Gasteiger partial charge in [-0.2, -0.15) is 5.10 Å². The van der Waals surface area contributed by atoms with Crippen LogP contribution in [0, 0.1) is 6.92 Å². The zero-order valence-corrected chi connectivity index (χ0v) is 7.76. The molecule has 0 radical (unpaired) electrons. The van der Waals surface area contributed by atoms with Gasteiger partial charge in [0.15, 0.2) is 5.82 Å². The zero-order chi connectivity index (χ0) is 8.72. The Labute approximate surface area is 72.2 Å². The molecule has 1 N–H and O–H groups in total. The lowest BCUT2D eigenvalue weighted by Crippen LogP contribution is -2.30. The highest BCUT2D eigenvalue weighted by Gasteiger charge is 2.19. The molecule has 4 nitrogen and oxygen atoms in total. The quantitative estimate of drug-likeness (QED) is 0.612. The summed E-state index contributed by atoms with van der Waals surface area (Å²) in [4.78, 5) is 2.18. The molecule has 0 unspecified atom stereocenters. The van der Waals surface area contributed by atoms with Crippen LogP contribution in [0.4, 0.5) is 11.5 Å². The standard InChI is InChI=1S/C8H14N4/c1-6-7-8(10-12(6)3)11(2)5-4-9-7/h9H,4-5H2,1-3H3. The second-order valence-corrected chi connectivity index (χ2v) is 3.26. The van der Waals surface area contributed by atoms with Crippen LogP contribution in [0.15, 0.2) is 0 Å². The molecule has 4 heteroatoms. The van der Waals surface area contributed by atoms with Crippen molar-refractivity contribution in [3.05, 3.63) is 5.69 Å². The summed E-state index contributed by atoms with van der Waals surface area (Å²) in [5, 5.41) is 7.77. The molecule has 1 aromatic heterocycles. The van der Waals surface area contributed by atoms with E-state index in [0.717, 1.165) is 18.9 Å². The van der Waals surface area contributed by atoms with E-state index in [1.807, 2.05) is 11.7 Å². The number of rotatable bonds is 0. The van der Waals surface area contributed by atoms with Crippen LogP contribution in [0.2, 0.25) is 0 Å². The number of aryl methyl sites for hydroxylation is 1. The van der Waals surface area contributed by atoms with Crippen molar-refractivity contribution in [3.63, 3.8) is 0 Å². The minimum atomic E-state index is 1.01. The number of nitrogens with zero attached hydrogens (tertiary/aromatic N) is 3. The van der Waals surface area contributed by atoms with Crippen LogP contribution in [0.3, 0.4) is 0 Å². The molecule has 1 aliphatic rings. The highest BCUT2D eigenvalue weighted by Crippen LogP contribution is 2.29. The van der Waals surface area contributed by atoms with Crippen LogP contribution in [0.25, 0.3) is 0 Å². The average molecular weight is 166 g/mol. The molecular formula is C8H14N4. The van der Waals surface area contributed by atoms with Gasteiger partial charge in [0.1, 0.15) is 5.69 Å². The maximum atomic E-state index is 4.41. The minimum Gasteiger partial charge on any atom is -0.379 e. The summed E-state index contributed by atoms with van der Waals surface area (Å²) in [6.45, 7) is 4.12. The van der Waals surface area contributed by atoms with E-state index >= 15 is 0 Å². The predicted octanol–water partition coefficient (Wildman–Crippen LogP) is 0.590. The van der Waals surface area contributed by atoms with Crippen molar-refractivity contribution < 1.29 is 0 Å². The number of anilines is 2. The van der Waals surface area contributed by atoms with Crippen molar-refractivity contribution in [2.45, 2.75) is 6.92 Å². The van der Waals surface area contributed by atoms with Crippen LogP contribution in [-0.2, 0) is 7.05 Å². The molecule has 66 valence electrons. The van der Waals surface area contributed by atoms with Gasteiger partial charge in [-0.3, -0.25) is 4.68 Å². The molecule has 0 saturated heterocycles. The van der Waals surface area contributed by atoms with Crippen molar-refractivity contribution in [3.8, 4) is 0 Å². The van der Waals surface area contributed by atoms with E-state index in [9.17, 15) is 0 Å². The predicted molar refractivity (Wildman–Crippen MR) is 49.7 cm³/mol. The number of hydrogen-bond donors (Lipinski definition) is 1. The van der Waals surface area contributed by atoms with Crippen LogP contribution >= 0.6 is 0 Å². The van der Waals surface area contributed by atoms with Crippen molar-refractivity contribution in [1.82, 2.24) is 9.78 Å². The molecule has 2 heterocycles. The van der Waals surface area contributed by atoms with Crippen molar-refractivity contribution in [2.24, 2.45) is 7.05 Å². The highest BCUT2D eigenvalue weighted by molar-refractivity contribution is 5.70. The third-order valence-corrected chi connectivity index (χ3v) is 2.43. The number of likely N-dealkylation sites (N-methyl/N-ethyl adjacent to an activating group) is 1. The summed E-state index contributed by atoms with van der Waals surface area (Å²) in [7, 11) is 4.05. The Morgan fingerprint density at radius 1 is 1.42 bits per heavy atom. The van der Waals surface area contributed by atoms with E-state index < -0.39 is 0 Å². The van der Waals surface area contributed by atoms with Gasteiger partial charge in [0.05, 0.1) is 5.69 Å². The maximum Gasteiger partial charge on any atom is 0.174 e. The van der Waals surface area contributed by atoms with Gasteiger partial charge in [0.25, 0.3) is 0 Å². The van der Waals surface area contributed by atoms with Crippen LogP contribution in [-0.4, -0.2) is 29.9 Å². The summed E-state index contributed by atoms with van der Waals surface area (Å²) in [6, 6.07) is 0. The lowest BCUT2D eigenvalue weighted by molar-refractivity contribution is 0.733. The topological polar surface area (TPSA) is 33.1 Å². The lowest BCUT2D eigenvalue weighted by atomic mass is 10.3. The fourth-order valence-electron chi connectivity index (χ4n) is 1.52. The van der Waals surface area contributed by atoms with Gasteiger partial charge in [-0.15, -0.1) is 0 Å². The third kappa shape index (κ3) is 0.873. The summed E-state index contributed by atoms with van der Waals surface area (Å²) in [5.74, 6) is 1.07. The Balaban J connectivity index is 2.52. The fourth-order valence-corrected chi connectivity index (χ4v) is 1.52. The summed E-state index contributed by atoms with van der Waals surface area (Å²) < 4.78 is 1.92. The molecule has 2 rings (SSSR count). The molecule has 0 aromatic carbocycles. The van der Waals surface area contributed by atoms with Gasteiger partial charge in [-0.25, -0.2) is 0 Å². The number of hydrogen-bond acceptors (Lipinski definition) is 3. The first-order valence-corrected chi connectivity index (χ1v) is 4.19. The van der Waals surface area contributed by atoms with E-state index in [0.29, 0.717) is 0 Å². The molecule has 0 spiro atoms. The monoisotopic (exact) mass is 166 g/mol. The van der Waals surface area contributed by atoms with Crippen LogP contribution in [0.5, 0.6) is 0 Å². The molecule has 1 aromatic rings. The van der Waals surface area contributed by atoms with Gasteiger partial charge in [0.2, 0.25) is 0 Å². The Morgan fingerprint density at radius 3 is 2.83 bits per heavy atom. The van der Waals surface area contributed by atoms with Crippen molar-refractivity contribution >= 4 is 11.5 Å². The lowest BCUT2D eigenvalue weighted by Gasteiger charge is -2.24. The Morgan fingerprint density at radius 2 is 2.17 bits per heavy atom. The first kappa shape index (κ1) is 7.46. The van der Waals surface area contributed by atoms with E-state index in [-0.39, 0.29) is 0 Å². The zero-order valence-electron chi connectivity index (χ0n) is 7.76. The first-order chi connectivity index (χ1) is 5.70. The van der Waals surface area contributed by atoms with Crippen molar-refractivity contribution in [2.75, 3.05) is 30.4 Å². The first-order valence-electron chi connectivity index (χ1n) is 4.19. The molecule has 0 amide bonds. The molecule has 0 bridgehead atoms. The van der Waals surface area contributed by atoms with E-state index in [1.165, 1.54) is 11.4 Å². The molecule has 0 atom stereocenters. The van der Waals surface area contributed by atoms with Crippen LogP contribution in [0.1, 0.15) is 5.69 Å².